The minimum atomic E-state index is -0.802. The number of carbonyl (C=O) groups is 1. The number of carboxylic acids is 1. The van der Waals surface area contributed by atoms with Crippen LogP contribution in [0.3, 0.4) is 0 Å². The van der Waals surface area contributed by atoms with Crippen LogP contribution in [0.1, 0.15) is 18.4 Å². The number of hydrogen-bond donors (Lipinski definition) is 1. The number of aliphatic carboxylic acids is 1. The first-order chi connectivity index (χ1) is 7.18. The molecule has 0 radical (unpaired) electrons. The van der Waals surface area contributed by atoms with Crippen LogP contribution in [-0.4, -0.2) is 16.1 Å². The van der Waals surface area contributed by atoms with Crippen LogP contribution in [0.15, 0.2) is 36.7 Å². The number of hydrogen-bond acceptors (Lipinski definition) is 2. The van der Waals surface area contributed by atoms with Crippen LogP contribution in [0.4, 0.5) is 0 Å². The molecule has 3 heteroatoms. The van der Waals surface area contributed by atoms with Crippen LogP contribution in [0, 0.1) is 0 Å². The van der Waals surface area contributed by atoms with Gasteiger partial charge in [0.15, 0.2) is 0 Å². The minimum Gasteiger partial charge on any atom is -0.481 e. The van der Waals surface area contributed by atoms with Crippen molar-refractivity contribution in [1.29, 1.82) is 0 Å². The summed E-state index contributed by atoms with van der Waals surface area (Å²) in [5.74, 6) is -1.27. The van der Waals surface area contributed by atoms with Gasteiger partial charge in [0.05, 0.1) is 5.92 Å². The molecule has 0 saturated heterocycles. The summed E-state index contributed by atoms with van der Waals surface area (Å²) < 4.78 is 0. The molecule has 1 N–H and O–H groups in total. The molecule has 0 aliphatic carbocycles. The second-order valence-electron chi connectivity index (χ2n) is 3.54. The third-order valence-corrected chi connectivity index (χ3v) is 2.54. The van der Waals surface area contributed by atoms with Crippen LogP contribution in [-0.2, 0) is 4.79 Å². The summed E-state index contributed by atoms with van der Waals surface area (Å²) >= 11 is 0. The Morgan fingerprint density at radius 2 is 2.13 bits per heavy atom. The summed E-state index contributed by atoms with van der Waals surface area (Å²) in [4.78, 5) is 14.8. The zero-order valence-corrected chi connectivity index (χ0v) is 8.34. The van der Waals surface area contributed by atoms with Crippen molar-refractivity contribution in [1.82, 2.24) is 4.98 Å². The monoisotopic (exact) mass is 201 g/mol. The molecule has 0 saturated carbocycles. The van der Waals surface area contributed by atoms with Gasteiger partial charge in [-0.25, -0.2) is 0 Å². The number of aromatic nitrogens is 1. The Labute approximate surface area is 87.4 Å². The van der Waals surface area contributed by atoms with Crippen molar-refractivity contribution in [3.63, 3.8) is 0 Å². The van der Waals surface area contributed by atoms with Crippen molar-refractivity contribution >= 4 is 16.7 Å². The van der Waals surface area contributed by atoms with Gasteiger partial charge < -0.3 is 5.11 Å². The lowest BCUT2D eigenvalue weighted by Crippen LogP contribution is -2.06. The number of rotatable bonds is 2. The highest BCUT2D eigenvalue weighted by atomic mass is 16.4. The first-order valence-electron chi connectivity index (χ1n) is 4.75. The molecule has 0 bridgehead atoms. The molecule has 15 heavy (non-hydrogen) atoms. The van der Waals surface area contributed by atoms with Crippen molar-refractivity contribution in [2.45, 2.75) is 12.8 Å². The van der Waals surface area contributed by atoms with E-state index in [0.717, 1.165) is 16.3 Å². The van der Waals surface area contributed by atoms with Crippen molar-refractivity contribution in [3.8, 4) is 0 Å². The van der Waals surface area contributed by atoms with Crippen molar-refractivity contribution in [2.24, 2.45) is 0 Å². The number of pyridine rings is 1. The summed E-state index contributed by atoms with van der Waals surface area (Å²) in [6.45, 7) is 1.69. The molecule has 2 aromatic rings. The van der Waals surface area contributed by atoms with Gasteiger partial charge in [-0.05, 0) is 23.9 Å². The smallest absolute Gasteiger partial charge is 0.310 e. The van der Waals surface area contributed by atoms with Gasteiger partial charge in [-0.3, -0.25) is 9.78 Å². The van der Waals surface area contributed by atoms with E-state index in [0.29, 0.717) is 0 Å². The standard InChI is InChI=1S/C12H11NO2/c1-8(12(14)15)9-2-3-11-7-13-5-4-10(11)6-9/h2-8H,1H3,(H,14,15)/t8-/m1/s1. The average molecular weight is 201 g/mol. The second-order valence-corrected chi connectivity index (χ2v) is 3.54. The molecule has 2 rings (SSSR count). The Morgan fingerprint density at radius 3 is 2.87 bits per heavy atom. The Kier molecular flexibility index (Phi) is 2.37. The SMILES string of the molecule is C[C@@H](C(=O)O)c1ccc2cnccc2c1. The fraction of sp³-hybridized carbons (Fsp3) is 0.167. The molecule has 1 aromatic carbocycles. The molecule has 0 aliphatic rings. The molecule has 0 amide bonds. The maximum absolute atomic E-state index is 10.8. The molecule has 3 nitrogen and oxygen atoms in total. The lowest BCUT2D eigenvalue weighted by molar-refractivity contribution is -0.138. The van der Waals surface area contributed by atoms with Gasteiger partial charge in [0, 0.05) is 17.8 Å². The molecular weight excluding hydrogens is 190 g/mol. The maximum atomic E-state index is 10.8. The van der Waals surface area contributed by atoms with Crippen LogP contribution in [0.5, 0.6) is 0 Å². The fourth-order valence-corrected chi connectivity index (χ4v) is 1.51. The number of benzene rings is 1. The van der Waals surface area contributed by atoms with Crippen LogP contribution in [0.2, 0.25) is 0 Å². The summed E-state index contributed by atoms with van der Waals surface area (Å²) in [6.07, 6.45) is 3.47. The van der Waals surface area contributed by atoms with Crippen LogP contribution < -0.4 is 0 Å². The summed E-state index contributed by atoms with van der Waals surface area (Å²) in [6, 6.07) is 7.52. The maximum Gasteiger partial charge on any atom is 0.310 e. The van der Waals surface area contributed by atoms with Gasteiger partial charge in [0.2, 0.25) is 0 Å². The van der Waals surface area contributed by atoms with E-state index in [1.807, 2.05) is 24.3 Å². The van der Waals surface area contributed by atoms with Crippen molar-refractivity contribution in [2.75, 3.05) is 0 Å². The Balaban J connectivity index is 2.51. The van der Waals surface area contributed by atoms with E-state index in [-0.39, 0.29) is 0 Å². The van der Waals surface area contributed by atoms with Gasteiger partial charge in [-0.2, -0.15) is 0 Å². The molecule has 0 spiro atoms. The zero-order chi connectivity index (χ0) is 10.8. The van der Waals surface area contributed by atoms with Gasteiger partial charge in [0.1, 0.15) is 0 Å². The topological polar surface area (TPSA) is 50.2 Å². The van der Waals surface area contributed by atoms with E-state index < -0.39 is 11.9 Å². The largest absolute Gasteiger partial charge is 0.481 e. The summed E-state index contributed by atoms with van der Waals surface area (Å²) in [5.41, 5.74) is 0.821. The van der Waals surface area contributed by atoms with Gasteiger partial charge in [-0.1, -0.05) is 18.2 Å². The predicted molar refractivity (Wildman–Crippen MR) is 57.8 cm³/mol. The number of carboxylic acid groups (broad SMARTS) is 1. The predicted octanol–water partition coefficient (Wildman–Crippen LogP) is 2.42. The Hall–Kier alpha value is -1.90. The minimum absolute atomic E-state index is 0.470. The third kappa shape index (κ3) is 1.81. The highest BCUT2D eigenvalue weighted by Crippen LogP contribution is 2.20. The fourth-order valence-electron chi connectivity index (χ4n) is 1.51. The average Bonchev–Trinajstić information content (AvgIpc) is 2.27. The molecule has 1 heterocycles. The molecule has 1 aromatic heterocycles. The van der Waals surface area contributed by atoms with E-state index in [2.05, 4.69) is 4.98 Å². The second kappa shape index (κ2) is 3.69. The van der Waals surface area contributed by atoms with E-state index >= 15 is 0 Å². The van der Waals surface area contributed by atoms with E-state index in [1.165, 1.54) is 0 Å². The zero-order valence-electron chi connectivity index (χ0n) is 8.34. The summed E-state index contributed by atoms with van der Waals surface area (Å²) in [5, 5.41) is 10.9. The first kappa shape index (κ1) is 9.65. The van der Waals surface area contributed by atoms with E-state index in [4.69, 9.17) is 5.11 Å². The highest BCUT2D eigenvalue weighted by Gasteiger charge is 2.13. The lowest BCUT2D eigenvalue weighted by Gasteiger charge is -2.07. The highest BCUT2D eigenvalue weighted by molar-refractivity contribution is 5.84. The molecule has 76 valence electrons. The van der Waals surface area contributed by atoms with E-state index in [9.17, 15) is 4.79 Å². The van der Waals surface area contributed by atoms with Crippen LogP contribution >= 0.6 is 0 Å². The van der Waals surface area contributed by atoms with Crippen LogP contribution in [0.25, 0.3) is 10.8 Å². The molecular formula is C12H11NO2. The number of fused-ring (bicyclic) bond motifs is 1. The Bertz CT molecular complexity index is 508. The third-order valence-electron chi connectivity index (χ3n) is 2.54. The quantitative estimate of drug-likeness (QED) is 0.811. The van der Waals surface area contributed by atoms with Gasteiger partial charge >= 0.3 is 5.97 Å². The summed E-state index contributed by atoms with van der Waals surface area (Å²) in [7, 11) is 0. The van der Waals surface area contributed by atoms with Gasteiger partial charge in [-0.15, -0.1) is 0 Å². The van der Waals surface area contributed by atoms with E-state index in [1.54, 1.807) is 19.3 Å². The van der Waals surface area contributed by atoms with Crippen molar-refractivity contribution < 1.29 is 9.90 Å². The first-order valence-corrected chi connectivity index (χ1v) is 4.75. The molecule has 1 atom stereocenters. The number of nitrogens with zero attached hydrogens (tertiary/aromatic N) is 1. The normalized spacial score (nSPS) is 12.6. The van der Waals surface area contributed by atoms with Gasteiger partial charge in [0.25, 0.3) is 0 Å². The molecule has 0 fully saturated rings. The molecule has 0 aliphatic heterocycles. The Morgan fingerprint density at radius 1 is 1.33 bits per heavy atom. The van der Waals surface area contributed by atoms with Crippen molar-refractivity contribution in [3.05, 3.63) is 42.2 Å². The lowest BCUT2D eigenvalue weighted by atomic mass is 9.99. The molecule has 0 unspecified atom stereocenters.